The average Bonchev–Trinajstić information content (AvgIpc) is 3.22. The lowest BCUT2D eigenvalue weighted by atomic mass is 9.76. The van der Waals surface area contributed by atoms with Gasteiger partial charge in [0, 0.05) is 16.8 Å². The minimum Gasteiger partial charge on any atom is -0.504 e. The van der Waals surface area contributed by atoms with Crippen LogP contribution in [0.5, 0.6) is 28.7 Å². The fourth-order valence-corrected chi connectivity index (χ4v) is 5.67. The highest BCUT2D eigenvalue weighted by Crippen LogP contribution is 2.56. The van der Waals surface area contributed by atoms with Gasteiger partial charge in [0.05, 0.1) is 22.5 Å². The molecule has 1 fully saturated rings. The second-order valence-corrected chi connectivity index (χ2v) is 12.1. The summed E-state index contributed by atoms with van der Waals surface area (Å²) in [5.74, 6) is -4.34. The van der Waals surface area contributed by atoms with Crippen molar-refractivity contribution in [3.63, 3.8) is 0 Å². The maximum atomic E-state index is 10.7. The molecule has 1 aliphatic heterocycles. The molecule has 224 valence electrons. The van der Waals surface area contributed by atoms with Crippen molar-refractivity contribution in [2.75, 3.05) is 4.90 Å². The van der Waals surface area contributed by atoms with Crippen LogP contribution in [0.15, 0.2) is 84.9 Å². The van der Waals surface area contributed by atoms with Crippen molar-refractivity contribution in [1.82, 2.24) is 0 Å². The van der Waals surface area contributed by atoms with Gasteiger partial charge < -0.3 is 39.7 Å². The molecule has 0 aromatic heterocycles. The molecule has 8 nitrogen and oxygen atoms in total. The van der Waals surface area contributed by atoms with Crippen LogP contribution in [0, 0.1) is 6.92 Å². The minimum atomic E-state index is -1.00. The number of hydrogen-bond donors (Lipinski definition) is 5. The van der Waals surface area contributed by atoms with Gasteiger partial charge in [-0.3, -0.25) is 0 Å². The summed E-state index contributed by atoms with van der Waals surface area (Å²) in [7, 11) is -0.502. The van der Waals surface area contributed by atoms with Gasteiger partial charge in [-0.05, 0) is 86.9 Å². The normalized spacial score (nSPS) is 15.5. The molecule has 1 saturated heterocycles. The number of benzene rings is 5. The number of phenols is 5. The number of nitrogens with zero attached hydrogens (tertiary/aromatic N) is 1. The lowest BCUT2D eigenvalue weighted by Crippen LogP contribution is -2.41. The van der Waals surface area contributed by atoms with E-state index in [-0.39, 0.29) is 5.56 Å². The van der Waals surface area contributed by atoms with E-state index < -0.39 is 47.1 Å². The van der Waals surface area contributed by atoms with Crippen LogP contribution in [0.4, 0.5) is 17.1 Å². The highest BCUT2D eigenvalue weighted by molar-refractivity contribution is 6.62. The van der Waals surface area contributed by atoms with Crippen molar-refractivity contribution in [2.24, 2.45) is 0 Å². The summed E-state index contributed by atoms with van der Waals surface area (Å²) in [6.07, 6.45) is 0. The first-order valence-electron chi connectivity index (χ1n) is 14.3. The van der Waals surface area contributed by atoms with Gasteiger partial charge in [-0.25, -0.2) is 0 Å². The maximum absolute atomic E-state index is 10.7. The molecule has 9 heteroatoms. The Morgan fingerprint density at radius 2 is 1.14 bits per heavy atom. The monoisotopic (exact) mass is 591 g/mol. The number of aromatic hydroxyl groups is 5. The van der Waals surface area contributed by atoms with E-state index in [1.165, 1.54) is 0 Å². The first-order valence-corrected chi connectivity index (χ1v) is 14.3. The van der Waals surface area contributed by atoms with E-state index in [2.05, 4.69) is 11.0 Å². The van der Waals surface area contributed by atoms with Gasteiger partial charge in [0.15, 0.2) is 11.5 Å². The van der Waals surface area contributed by atoms with Crippen LogP contribution in [0.1, 0.15) is 33.3 Å². The molecule has 5 aromatic carbocycles. The Morgan fingerprint density at radius 3 is 1.73 bits per heavy atom. The molecule has 1 aliphatic rings. The predicted molar refractivity (Wildman–Crippen MR) is 173 cm³/mol. The molecule has 1 heterocycles. The number of phenolic OH excluding ortho intramolecular Hbond substituents is 5. The van der Waals surface area contributed by atoms with E-state index in [0.717, 1.165) is 33.5 Å². The van der Waals surface area contributed by atoms with E-state index in [9.17, 15) is 25.5 Å². The van der Waals surface area contributed by atoms with Crippen LogP contribution in [0.25, 0.3) is 21.9 Å². The van der Waals surface area contributed by atoms with Gasteiger partial charge in [-0.2, -0.15) is 0 Å². The molecule has 44 heavy (non-hydrogen) atoms. The Labute approximate surface area is 256 Å². The molecule has 0 spiro atoms. The van der Waals surface area contributed by atoms with Crippen LogP contribution >= 0.6 is 0 Å². The molecule has 0 aliphatic carbocycles. The summed E-state index contributed by atoms with van der Waals surface area (Å²) in [5.41, 5.74) is 3.76. The van der Waals surface area contributed by atoms with Crippen molar-refractivity contribution in [2.45, 2.75) is 45.8 Å². The van der Waals surface area contributed by atoms with E-state index >= 15 is 0 Å². The molecule has 0 radical (unpaired) electrons. The second kappa shape index (κ2) is 10.4. The Balaban J connectivity index is 1.53. The SMILES string of the molecule is Cc1cc(N(c2ccccc2)c2ccc(-c3c(O)c(O)c(O)c(O)c3O)c3ccccc23)ccc1B1OC(C)(C)C(C)(C)O1. The highest BCUT2D eigenvalue weighted by atomic mass is 16.7. The highest BCUT2D eigenvalue weighted by Gasteiger charge is 2.52. The number of para-hydroxylation sites is 1. The fraction of sp³-hybridized carbons (Fsp3) is 0.200. The molecule has 0 atom stereocenters. The number of aryl methyl sites for hydroxylation is 1. The number of fused-ring (bicyclic) bond motifs is 1. The van der Waals surface area contributed by atoms with Crippen molar-refractivity contribution in [1.29, 1.82) is 0 Å². The zero-order valence-electron chi connectivity index (χ0n) is 25.2. The molecular formula is C35H34BNO7. The Bertz CT molecular complexity index is 1860. The van der Waals surface area contributed by atoms with E-state index in [4.69, 9.17) is 9.31 Å². The Hall–Kier alpha value is -4.86. The van der Waals surface area contributed by atoms with Crippen molar-refractivity contribution >= 4 is 40.4 Å². The summed E-state index contributed by atoms with van der Waals surface area (Å²) < 4.78 is 12.7. The largest absolute Gasteiger partial charge is 0.504 e. The van der Waals surface area contributed by atoms with Crippen LogP contribution in [0.2, 0.25) is 0 Å². The molecule has 0 unspecified atom stereocenters. The molecule has 0 amide bonds. The summed E-state index contributed by atoms with van der Waals surface area (Å²) >= 11 is 0. The van der Waals surface area contributed by atoms with Crippen LogP contribution in [-0.4, -0.2) is 43.9 Å². The minimum absolute atomic E-state index is 0.200. The number of rotatable bonds is 5. The molecule has 0 bridgehead atoms. The first kappa shape index (κ1) is 29.2. The molecule has 5 aromatic rings. The maximum Gasteiger partial charge on any atom is 0.495 e. The predicted octanol–water partition coefficient (Wildman–Crippen LogP) is 7.11. The van der Waals surface area contributed by atoms with Crippen molar-refractivity contribution < 1.29 is 34.8 Å². The number of hydrogen-bond acceptors (Lipinski definition) is 8. The first-order chi connectivity index (χ1) is 20.8. The van der Waals surface area contributed by atoms with Gasteiger partial charge in [0.1, 0.15) is 0 Å². The molecule has 0 saturated carbocycles. The van der Waals surface area contributed by atoms with E-state index in [1.807, 2.05) is 107 Å². The van der Waals surface area contributed by atoms with E-state index in [0.29, 0.717) is 10.9 Å². The second-order valence-electron chi connectivity index (χ2n) is 12.1. The summed E-state index contributed by atoms with van der Waals surface area (Å²) in [6.45, 7) is 10.2. The third kappa shape index (κ3) is 4.56. The summed E-state index contributed by atoms with van der Waals surface area (Å²) in [4.78, 5) is 2.11. The third-order valence-electron chi connectivity index (χ3n) is 8.82. The van der Waals surface area contributed by atoms with Gasteiger partial charge in [0.25, 0.3) is 0 Å². The zero-order valence-corrected chi connectivity index (χ0v) is 25.2. The lowest BCUT2D eigenvalue weighted by molar-refractivity contribution is 0.00578. The lowest BCUT2D eigenvalue weighted by Gasteiger charge is -2.32. The Morgan fingerprint density at radius 1 is 0.591 bits per heavy atom. The van der Waals surface area contributed by atoms with Gasteiger partial charge in [-0.15, -0.1) is 0 Å². The summed E-state index contributed by atoms with van der Waals surface area (Å²) in [5, 5.41) is 53.3. The van der Waals surface area contributed by atoms with Crippen molar-refractivity contribution in [3.05, 3.63) is 90.5 Å². The molecule has 5 N–H and O–H groups in total. The van der Waals surface area contributed by atoms with Gasteiger partial charge in [-0.1, -0.05) is 54.6 Å². The number of anilines is 3. The van der Waals surface area contributed by atoms with Gasteiger partial charge in [0.2, 0.25) is 17.2 Å². The quantitative estimate of drug-likeness (QED) is 0.0833. The van der Waals surface area contributed by atoms with Crippen LogP contribution in [-0.2, 0) is 9.31 Å². The fourth-order valence-electron chi connectivity index (χ4n) is 5.67. The standard InChI is InChI=1S/C35H34BNO7/c1-20-19-22(15-17-26(20)36-43-34(2,3)35(4,5)44-36)37(21-11-7-6-8-12-21)27-18-16-25(23-13-9-10-14-24(23)27)28-29(38)31(40)33(42)32(41)30(28)39/h6-19,38-42H,1-5H3. The van der Waals surface area contributed by atoms with Crippen LogP contribution in [0.3, 0.4) is 0 Å². The molecule has 6 rings (SSSR count). The topological polar surface area (TPSA) is 123 Å². The van der Waals surface area contributed by atoms with Crippen LogP contribution < -0.4 is 10.4 Å². The van der Waals surface area contributed by atoms with Gasteiger partial charge >= 0.3 is 7.12 Å². The zero-order chi connectivity index (χ0) is 31.6. The van der Waals surface area contributed by atoms with Crippen molar-refractivity contribution in [3.8, 4) is 39.9 Å². The average molecular weight is 591 g/mol. The third-order valence-corrected chi connectivity index (χ3v) is 8.82. The summed E-state index contributed by atoms with van der Waals surface area (Å²) in [6, 6.07) is 27.0. The smallest absolute Gasteiger partial charge is 0.495 e. The Kier molecular flexibility index (Phi) is 6.91. The van der Waals surface area contributed by atoms with E-state index in [1.54, 1.807) is 6.07 Å². The molecular weight excluding hydrogens is 557 g/mol.